The van der Waals surface area contributed by atoms with Crippen LogP contribution in [0.25, 0.3) is 0 Å². The minimum atomic E-state index is 0.132. The molecule has 0 bridgehead atoms. The van der Waals surface area contributed by atoms with Crippen LogP contribution < -0.4 is 10.6 Å². The van der Waals surface area contributed by atoms with E-state index in [4.69, 9.17) is 4.74 Å². The van der Waals surface area contributed by atoms with Crippen molar-refractivity contribution in [1.82, 2.24) is 15.5 Å². The van der Waals surface area contributed by atoms with Crippen LogP contribution in [0.3, 0.4) is 0 Å². The Morgan fingerprint density at radius 1 is 1.20 bits per heavy atom. The zero-order chi connectivity index (χ0) is 18.2. The third-order valence-corrected chi connectivity index (χ3v) is 6.42. The molecule has 1 saturated heterocycles. The van der Waals surface area contributed by atoms with Crippen molar-refractivity contribution in [1.29, 1.82) is 0 Å². The second kappa shape index (κ2) is 7.14. The number of ether oxygens (including phenoxy) is 1. The SMILES string of the molecule is CN=C(NC1CCCC(C(=O)N(C)C)C1)NC1C2CCOC2C1(C)C. The molecular weight excluding hydrogens is 316 g/mol. The molecule has 0 aromatic heterocycles. The van der Waals surface area contributed by atoms with Crippen LogP contribution in [0.15, 0.2) is 4.99 Å². The van der Waals surface area contributed by atoms with Crippen molar-refractivity contribution >= 4 is 11.9 Å². The fourth-order valence-electron chi connectivity index (χ4n) is 5.04. The molecule has 6 heteroatoms. The van der Waals surface area contributed by atoms with E-state index in [2.05, 4.69) is 29.5 Å². The zero-order valence-electron chi connectivity index (χ0n) is 16.3. The Kier molecular flexibility index (Phi) is 5.28. The monoisotopic (exact) mass is 350 g/mol. The van der Waals surface area contributed by atoms with E-state index >= 15 is 0 Å². The maximum absolute atomic E-state index is 12.3. The van der Waals surface area contributed by atoms with Crippen LogP contribution in [0.5, 0.6) is 0 Å². The molecule has 0 spiro atoms. The van der Waals surface area contributed by atoms with Crippen molar-refractivity contribution < 1.29 is 9.53 Å². The summed E-state index contributed by atoms with van der Waals surface area (Å²) >= 11 is 0. The minimum absolute atomic E-state index is 0.132. The van der Waals surface area contributed by atoms with Gasteiger partial charge >= 0.3 is 0 Å². The Balaban J connectivity index is 1.57. The summed E-state index contributed by atoms with van der Waals surface area (Å²) in [6, 6.07) is 0.710. The molecular formula is C19H34N4O2. The lowest BCUT2D eigenvalue weighted by Gasteiger charge is -2.55. The largest absolute Gasteiger partial charge is 0.377 e. The smallest absolute Gasteiger partial charge is 0.225 e. The van der Waals surface area contributed by atoms with Gasteiger partial charge in [-0.3, -0.25) is 9.79 Å². The van der Waals surface area contributed by atoms with Gasteiger partial charge < -0.3 is 20.3 Å². The second-order valence-corrected chi connectivity index (χ2v) is 8.70. The number of carbonyl (C=O) groups excluding carboxylic acids is 1. The highest BCUT2D eigenvalue weighted by Gasteiger charge is 2.59. The quantitative estimate of drug-likeness (QED) is 0.599. The number of aliphatic imine (C=N–C) groups is 1. The number of guanidine groups is 1. The molecule has 0 aromatic carbocycles. The van der Waals surface area contributed by atoms with Gasteiger partial charge in [0.05, 0.1) is 6.10 Å². The van der Waals surface area contributed by atoms with Crippen molar-refractivity contribution in [3.8, 4) is 0 Å². The highest BCUT2D eigenvalue weighted by molar-refractivity contribution is 5.81. The van der Waals surface area contributed by atoms with Crippen LogP contribution in [0.4, 0.5) is 0 Å². The fraction of sp³-hybridized carbons (Fsp3) is 0.895. The number of rotatable bonds is 3. The molecule has 0 aromatic rings. The Bertz CT molecular complexity index is 532. The lowest BCUT2D eigenvalue weighted by atomic mass is 9.57. The standard InChI is InChI=1S/C19H34N4O2/c1-19(2)15(14-9-10-25-16(14)19)22-18(20-3)21-13-8-6-7-12(11-13)17(24)23(4)5/h12-16H,6-11H2,1-5H3,(H2,20,21,22). The summed E-state index contributed by atoms with van der Waals surface area (Å²) in [5.41, 5.74) is 0.134. The van der Waals surface area contributed by atoms with Crippen LogP contribution in [-0.4, -0.2) is 62.7 Å². The Labute approximate surface area is 151 Å². The highest BCUT2D eigenvalue weighted by atomic mass is 16.5. The van der Waals surface area contributed by atoms with Crippen LogP contribution in [0.2, 0.25) is 0 Å². The van der Waals surface area contributed by atoms with Crippen molar-refractivity contribution in [2.75, 3.05) is 27.7 Å². The Hall–Kier alpha value is -1.30. The average molecular weight is 351 g/mol. The van der Waals surface area contributed by atoms with Gasteiger partial charge in [0, 0.05) is 57.1 Å². The van der Waals surface area contributed by atoms with E-state index in [1.165, 1.54) is 0 Å². The number of nitrogens with zero attached hydrogens (tertiary/aromatic N) is 2. The van der Waals surface area contributed by atoms with Crippen molar-refractivity contribution in [2.24, 2.45) is 22.2 Å². The number of amides is 1. The summed E-state index contributed by atoms with van der Waals surface area (Å²) < 4.78 is 5.88. The molecule has 1 amide bonds. The number of hydrogen-bond acceptors (Lipinski definition) is 3. The van der Waals surface area contributed by atoms with Gasteiger partial charge in [0.1, 0.15) is 0 Å². The van der Waals surface area contributed by atoms with Crippen LogP contribution in [0.1, 0.15) is 46.0 Å². The van der Waals surface area contributed by atoms with E-state index in [1.807, 2.05) is 21.1 Å². The molecule has 1 heterocycles. The first-order valence-corrected chi connectivity index (χ1v) is 9.67. The molecule has 2 aliphatic carbocycles. The van der Waals surface area contributed by atoms with Gasteiger partial charge in [0.15, 0.2) is 5.96 Å². The second-order valence-electron chi connectivity index (χ2n) is 8.70. The summed E-state index contributed by atoms with van der Waals surface area (Å²) in [5.74, 6) is 1.84. The lowest BCUT2D eigenvalue weighted by Crippen LogP contribution is -2.68. The molecule has 3 fully saturated rings. The maximum Gasteiger partial charge on any atom is 0.225 e. The summed E-state index contributed by atoms with van der Waals surface area (Å²) in [4.78, 5) is 18.4. The van der Waals surface area contributed by atoms with E-state index in [0.717, 1.165) is 44.7 Å². The number of fused-ring (bicyclic) bond motifs is 1. The molecule has 25 heavy (non-hydrogen) atoms. The molecule has 2 N–H and O–H groups in total. The first kappa shape index (κ1) is 18.5. The maximum atomic E-state index is 12.3. The molecule has 0 radical (unpaired) electrons. The minimum Gasteiger partial charge on any atom is -0.377 e. The van der Waals surface area contributed by atoms with E-state index in [-0.39, 0.29) is 17.2 Å². The third kappa shape index (κ3) is 3.50. The normalized spacial score (nSPS) is 37.0. The summed E-state index contributed by atoms with van der Waals surface area (Å²) in [5, 5.41) is 7.22. The molecule has 3 rings (SSSR count). The van der Waals surface area contributed by atoms with Gasteiger partial charge in [-0.25, -0.2) is 0 Å². The van der Waals surface area contributed by atoms with E-state index in [0.29, 0.717) is 24.1 Å². The van der Waals surface area contributed by atoms with E-state index in [9.17, 15) is 4.79 Å². The molecule has 5 atom stereocenters. The van der Waals surface area contributed by atoms with Gasteiger partial charge in [-0.1, -0.05) is 20.3 Å². The van der Waals surface area contributed by atoms with Gasteiger partial charge in [0.2, 0.25) is 5.91 Å². The topological polar surface area (TPSA) is 66.0 Å². The average Bonchev–Trinajstić information content (AvgIpc) is 3.05. The molecule has 2 saturated carbocycles. The third-order valence-electron chi connectivity index (χ3n) is 6.42. The van der Waals surface area contributed by atoms with Crippen molar-refractivity contribution in [2.45, 2.75) is 64.1 Å². The number of carbonyl (C=O) groups is 1. The summed E-state index contributed by atoms with van der Waals surface area (Å²) in [6.45, 7) is 5.42. The van der Waals surface area contributed by atoms with Crippen LogP contribution in [-0.2, 0) is 9.53 Å². The van der Waals surface area contributed by atoms with Gasteiger partial charge in [-0.05, 0) is 25.7 Å². The predicted molar refractivity (Wildman–Crippen MR) is 99.5 cm³/mol. The van der Waals surface area contributed by atoms with Crippen LogP contribution >= 0.6 is 0 Å². The number of hydrogen-bond donors (Lipinski definition) is 2. The number of nitrogens with one attached hydrogen (secondary N) is 2. The Morgan fingerprint density at radius 3 is 2.64 bits per heavy atom. The van der Waals surface area contributed by atoms with Crippen molar-refractivity contribution in [3.63, 3.8) is 0 Å². The molecule has 142 valence electrons. The van der Waals surface area contributed by atoms with Gasteiger partial charge in [0.25, 0.3) is 0 Å². The van der Waals surface area contributed by atoms with Gasteiger partial charge in [-0.2, -0.15) is 0 Å². The molecule has 5 unspecified atom stereocenters. The highest BCUT2D eigenvalue weighted by Crippen LogP contribution is 2.52. The Morgan fingerprint density at radius 2 is 1.96 bits per heavy atom. The van der Waals surface area contributed by atoms with Crippen molar-refractivity contribution in [3.05, 3.63) is 0 Å². The first-order valence-electron chi connectivity index (χ1n) is 9.67. The van der Waals surface area contributed by atoms with Gasteiger partial charge in [-0.15, -0.1) is 0 Å². The zero-order valence-corrected chi connectivity index (χ0v) is 16.3. The predicted octanol–water partition coefficient (Wildman–Crippen LogP) is 1.61. The molecule has 6 nitrogen and oxygen atoms in total. The molecule has 1 aliphatic heterocycles. The first-order chi connectivity index (χ1) is 11.8. The molecule has 3 aliphatic rings. The van der Waals surface area contributed by atoms with E-state index in [1.54, 1.807) is 4.90 Å². The fourth-order valence-corrected chi connectivity index (χ4v) is 5.04. The lowest BCUT2D eigenvalue weighted by molar-refractivity contribution is -0.134. The summed E-state index contributed by atoms with van der Waals surface area (Å²) in [7, 11) is 5.52. The summed E-state index contributed by atoms with van der Waals surface area (Å²) in [6.07, 6.45) is 5.58. The van der Waals surface area contributed by atoms with Crippen LogP contribution in [0, 0.1) is 17.3 Å². The van der Waals surface area contributed by atoms with E-state index < -0.39 is 0 Å².